The molecule has 1 saturated carbocycles. The van der Waals surface area contributed by atoms with Gasteiger partial charge in [-0.15, -0.1) is 11.8 Å². The highest BCUT2D eigenvalue weighted by atomic mass is 32.2. The van der Waals surface area contributed by atoms with E-state index in [2.05, 4.69) is 43.4 Å². The number of thioether (sulfide) groups is 1. The monoisotopic (exact) mass is 293 g/mol. The minimum absolute atomic E-state index is 0.126. The second kappa shape index (κ2) is 8.06. The highest BCUT2D eigenvalue weighted by Gasteiger charge is 2.23. The van der Waals surface area contributed by atoms with Crippen LogP contribution in [0.25, 0.3) is 0 Å². The van der Waals surface area contributed by atoms with E-state index >= 15 is 0 Å². The predicted molar refractivity (Wildman–Crippen MR) is 87.3 cm³/mol. The Morgan fingerprint density at radius 3 is 2.60 bits per heavy atom. The largest absolute Gasteiger partial charge is 0.392 e. The summed E-state index contributed by atoms with van der Waals surface area (Å²) in [4.78, 5) is 1.28. The third-order valence-corrected chi connectivity index (χ3v) is 5.43. The van der Waals surface area contributed by atoms with Gasteiger partial charge in [0.15, 0.2) is 0 Å². The van der Waals surface area contributed by atoms with Gasteiger partial charge in [0.1, 0.15) is 0 Å². The lowest BCUT2D eigenvalue weighted by Crippen LogP contribution is -2.26. The fourth-order valence-corrected chi connectivity index (χ4v) is 3.92. The van der Waals surface area contributed by atoms with Crippen LogP contribution in [-0.2, 0) is 0 Å². The first-order valence-electron chi connectivity index (χ1n) is 7.88. The van der Waals surface area contributed by atoms with E-state index in [9.17, 15) is 5.11 Å². The Hall–Kier alpha value is -0.510. The zero-order chi connectivity index (χ0) is 14.4. The van der Waals surface area contributed by atoms with Crippen LogP contribution >= 0.6 is 11.8 Å². The van der Waals surface area contributed by atoms with E-state index in [4.69, 9.17) is 0 Å². The summed E-state index contributed by atoms with van der Waals surface area (Å²) in [5.41, 5.74) is 1.34. The van der Waals surface area contributed by atoms with Crippen molar-refractivity contribution in [3.63, 3.8) is 0 Å². The van der Waals surface area contributed by atoms with Gasteiger partial charge >= 0.3 is 0 Å². The molecule has 0 amide bonds. The Labute approximate surface area is 127 Å². The Balaban J connectivity index is 1.90. The van der Waals surface area contributed by atoms with Gasteiger partial charge in [-0.3, -0.25) is 0 Å². The lowest BCUT2D eigenvalue weighted by molar-refractivity contribution is 0.137. The summed E-state index contributed by atoms with van der Waals surface area (Å²) < 4.78 is 0. The fraction of sp³-hybridized carbons (Fsp3) is 0.647. The molecule has 0 spiro atoms. The standard InChI is InChI=1S/C17H27NOS/c1-3-12-18-13(2)14-8-10-15(11-9-14)20-17-7-5-4-6-16(17)19/h8-11,13,16-19H,3-7,12H2,1-2H3. The molecule has 2 rings (SSSR count). The van der Waals surface area contributed by atoms with Crippen LogP contribution in [-0.4, -0.2) is 23.0 Å². The molecule has 112 valence electrons. The average molecular weight is 293 g/mol. The molecule has 1 aromatic carbocycles. The van der Waals surface area contributed by atoms with Crippen LogP contribution in [0.3, 0.4) is 0 Å². The van der Waals surface area contributed by atoms with Crippen molar-refractivity contribution >= 4 is 11.8 Å². The van der Waals surface area contributed by atoms with Crippen molar-refractivity contribution in [2.45, 2.75) is 68.2 Å². The molecular formula is C17H27NOS. The molecule has 0 saturated heterocycles. The molecule has 0 heterocycles. The quantitative estimate of drug-likeness (QED) is 0.826. The second-order valence-corrected chi connectivity index (χ2v) is 7.07. The van der Waals surface area contributed by atoms with Gasteiger partial charge in [0.05, 0.1) is 6.10 Å². The normalized spacial score (nSPS) is 24.6. The summed E-state index contributed by atoms with van der Waals surface area (Å²) in [6, 6.07) is 9.24. The molecule has 1 aromatic rings. The van der Waals surface area contributed by atoms with Crippen molar-refractivity contribution in [2.75, 3.05) is 6.54 Å². The van der Waals surface area contributed by atoms with Crippen LogP contribution in [0.4, 0.5) is 0 Å². The van der Waals surface area contributed by atoms with Gasteiger partial charge in [0, 0.05) is 16.2 Å². The predicted octanol–water partition coefficient (Wildman–Crippen LogP) is 4.14. The van der Waals surface area contributed by atoms with E-state index in [1.165, 1.54) is 23.3 Å². The van der Waals surface area contributed by atoms with Gasteiger partial charge in [0.2, 0.25) is 0 Å². The first-order valence-corrected chi connectivity index (χ1v) is 8.76. The van der Waals surface area contributed by atoms with E-state index in [-0.39, 0.29) is 6.10 Å². The van der Waals surface area contributed by atoms with Crippen molar-refractivity contribution in [3.8, 4) is 0 Å². The SMILES string of the molecule is CCCNC(C)c1ccc(SC2CCCCC2O)cc1. The topological polar surface area (TPSA) is 32.3 Å². The summed E-state index contributed by atoms with van der Waals surface area (Å²) in [6.45, 7) is 5.46. The van der Waals surface area contributed by atoms with Crippen LogP contribution in [0.2, 0.25) is 0 Å². The Morgan fingerprint density at radius 1 is 1.25 bits per heavy atom. The van der Waals surface area contributed by atoms with Crippen LogP contribution in [0.1, 0.15) is 57.6 Å². The number of aliphatic hydroxyl groups excluding tert-OH is 1. The molecule has 1 fully saturated rings. The van der Waals surface area contributed by atoms with Gasteiger partial charge < -0.3 is 10.4 Å². The molecule has 0 radical (unpaired) electrons. The smallest absolute Gasteiger partial charge is 0.0662 e. The average Bonchev–Trinajstić information content (AvgIpc) is 2.48. The van der Waals surface area contributed by atoms with Crippen molar-refractivity contribution in [2.24, 2.45) is 0 Å². The molecule has 2 nitrogen and oxygen atoms in total. The van der Waals surface area contributed by atoms with E-state index < -0.39 is 0 Å². The summed E-state index contributed by atoms with van der Waals surface area (Å²) in [5.74, 6) is 0. The third-order valence-electron chi connectivity index (χ3n) is 4.04. The third kappa shape index (κ3) is 4.51. The van der Waals surface area contributed by atoms with Crippen molar-refractivity contribution in [1.82, 2.24) is 5.32 Å². The second-order valence-electron chi connectivity index (χ2n) is 5.75. The van der Waals surface area contributed by atoms with Crippen molar-refractivity contribution < 1.29 is 5.11 Å². The molecule has 3 unspecified atom stereocenters. The van der Waals surface area contributed by atoms with Gasteiger partial charge in [-0.25, -0.2) is 0 Å². The minimum atomic E-state index is -0.126. The zero-order valence-electron chi connectivity index (χ0n) is 12.6. The molecule has 0 aliphatic heterocycles. The van der Waals surface area contributed by atoms with E-state index in [1.807, 2.05) is 11.8 Å². The number of rotatable bonds is 6. The number of aliphatic hydroxyl groups is 1. The van der Waals surface area contributed by atoms with Crippen LogP contribution in [0, 0.1) is 0 Å². The molecule has 3 atom stereocenters. The fourth-order valence-electron chi connectivity index (χ4n) is 2.70. The van der Waals surface area contributed by atoms with Gasteiger partial charge in [-0.05, 0) is 50.4 Å². The van der Waals surface area contributed by atoms with Gasteiger partial charge in [-0.1, -0.05) is 31.9 Å². The highest BCUT2D eigenvalue weighted by Crippen LogP contribution is 2.34. The maximum absolute atomic E-state index is 10.0. The molecule has 0 aromatic heterocycles. The summed E-state index contributed by atoms with van der Waals surface area (Å²) in [5, 5.41) is 13.9. The number of benzene rings is 1. The number of hydrogen-bond acceptors (Lipinski definition) is 3. The molecule has 3 heteroatoms. The maximum Gasteiger partial charge on any atom is 0.0662 e. The molecule has 2 N–H and O–H groups in total. The van der Waals surface area contributed by atoms with E-state index in [0.29, 0.717) is 11.3 Å². The highest BCUT2D eigenvalue weighted by molar-refractivity contribution is 8.00. The van der Waals surface area contributed by atoms with Crippen LogP contribution in [0.5, 0.6) is 0 Å². The summed E-state index contributed by atoms with van der Waals surface area (Å²) >= 11 is 1.84. The summed E-state index contributed by atoms with van der Waals surface area (Å²) in [6.07, 6.45) is 5.58. The molecular weight excluding hydrogens is 266 g/mol. The first kappa shape index (κ1) is 15.9. The molecule has 1 aliphatic rings. The molecule has 1 aliphatic carbocycles. The maximum atomic E-state index is 10.0. The number of hydrogen-bond donors (Lipinski definition) is 2. The Morgan fingerprint density at radius 2 is 1.95 bits per heavy atom. The summed E-state index contributed by atoms with van der Waals surface area (Å²) in [7, 11) is 0. The van der Waals surface area contributed by atoms with Gasteiger partial charge in [-0.2, -0.15) is 0 Å². The van der Waals surface area contributed by atoms with E-state index in [0.717, 1.165) is 25.8 Å². The van der Waals surface area contributed by atoms with Crippen LogP contribution < -0.4 is 5.32 Å². The van der Waals surface area contributed by atoms with Gasteiger partial charge in [0.25, 0.3) is 0 Å². The van der Waals surface area contributed by atoms with Crippen molar-refractivity contribution in [3.05, 3.63) is 29.8 Å². The van der Waals surface area contributed by atoms with E-state index in [1.54, 1.807) is 0 Å². The Kier molecular flexibility index (Phi) is 6.40. The lowest BCUT2D eigenvalue weighted by Gasteiger charge is -2.27. The van der Waals surface area contributed by atoms with Crippen molar-refractivity contribution in [1.29, 1.82) is 0 Å². The van der Waals surface area contributed by atoms with Crippen LogP contribution in [0.15, 0.2) is 29.2 Å². The first-order chi connectivity index (χ1) is 9.70. The molecule has 20 heavy (non-hydrogen) atoms. The Bertz CT molecular complexity index is 392. The minimum Gasteiger partial charge on any atom is -0.392 e. The number of nitrogens with one attached hydrogen (secondary N) is 1. The molecule has 0 bridgehead atoms. The lowest BCUT2D eigenvalue weighted by atomic mass is 9.97. The zero-order valence-corrected chi connectivity index (χ0v) is 13.5.